The molecule has 0 saturated carbocycles. The summed E-state index contributed by atoms with van der Waals surface area (Å²) >= 11 is 6.00. The first-order chi connectivity index (χ1) is 11.7. The summed E-state index contributed by atoms with van der Waals surface area (Å²) < 4.78 is 1.27. The Hall–Kier alpha value is -2.05. The van der Waals surface area contributed by atoms with Crippen molar-refractivity contribution in [3.8, 4) is 0 Å². The summed E-state index contributed by atoms with van der Waals surface area (Å²) in [4.78, 5) is 24.9. The van der Waals surface area contributed by atoms with Crippen LogP contribution >= 0.6 is 11.6 Å². The molecule has 0 amide bonds. The molecule has 0 radical (unpaired) electrons. The van der Waals surface area contributed by atoms with Gasteiger partial charge < -0.3 is 15.1 Å². The molecule has 1 aromatic carbocycles. The van der Waals surface area contributed by atoms with Crippen molar-refractivity contribution in [1.82, 2.24) is 15.0 Å². The molecule has 0 saturated heterocycles. The fourth-order valence-corrected chi connectivity index (χ4v) is 3.02. The van der Waals surface area contributed by atoms with E-state index in [9.17, 15) is 4.79 Å². The number of benzene rings is 1. The van der Waals surface area contributed by atoms with Crippen LogP contribution in [0, 0.1) is 0 Å². The zero-order valence-electron chi connectivity index (χ0n) is 13.9. The first-order valence-electron chi connectivity index (χ1n) is 8.08. The number of nitrogens with zero attached hydrogens (tertiary/aromatic N) is 3. The van der Waals surface area contributed by atoms with Gasteiger partial charge in [-0.1, -0.05) is 18.5 Å². The van der Waals surface area contributed by atoms with Gasteiger partial charge in [0.25, 0.3) is 5.56 Å². The highest BCUT2D eigenvalue weighted by atomic mass is 35.5. The van der Waals surface area contributed by atoms with Gasteiger partial charge in [-0.25, -0.2) is 4.98 Å². The smallest absolute Gasteiger partial charge is 0.292 e. The van der Waals surface area contributed by atoms with Crippen LogP contribution in [0.1, 0.15) is 24.6 Å². The van der Waals surface area contributed by atoms with E-state index in [1.54, 1.807) is 0 Å². The lowest BCUT2D eigenvalue weighted by atomic mass is 10.1. The van der Waals surface area contributed by atoms with E-state index in [4.69, 9.17) is 21.4 Å². The molecule has 1 N–H and O–H groups in total. The fourth-order valence-electron chi connectivity index (χ4n) is 2.90. The third-order valence-corrected chi connectivity index (χ3v) is 4.31. The van der Waals surface area contributed by atoms with Crippen LogP contribution < -0.4 is 20.6 Å². The summed E-state index contributed by atoms with van der Waals surface area (Å²) in [5.74, 6) is 0.507. The molecule has 1 aliphatic rings. The molecule has 0 unspecified atom stereocenters. The summed E-state index contributed by atoms with van der Waals surface area (Å²) in [5, 5.41) is 3.88. The topological polar surface area (TPSA) is 59.4 Å². The van der Waals surface area contributed by atoms with Gasteiger partial charge in [-0.3, -0.25) is 4.79 Å². The molecular formula is C17H21ClN4O2. The molecule has 0 bridgehead atoms. The third kappa shape index (κ3) is 3.12. The van der Waals surface area contributed by atoms with Gasteiger partial charge in [-0.05, 0) is 30.7 Å². The van der Waals surface area contributed by atoms with Gasteiger partial charge >= 0.3 is 0 Å². The van der Waals surface area contributed by atoms with Crippen molar-refractivity contribution in [3.63, 3.8) is 0 Å². The number of rotatable bonds is 5. The number of hydrogen-bond donors (Lipinski definition) is 1. The van der Waals surface area contributed by atoms with Gasteiger partial charge in [0.05, 0.1) is 11.3 Å². The van der Waals surface area contributed by atoms with Crippen LogP contribution in [0.5, 0.6) is 0 Å². The van der Waals surface area contributed by atoms with Crippen molar-refractivity contribution in [1.29, 1.82) is 0 Å². The Kier molecular flexibility index (Phi) is 5.06. The standard InChI is InChI=1S/C17H21ClN4O2/c1-3-10-21(13-6-4-12(18)5-7-13)17-20-15-8-9-19-11-14(15)16(23)22(17)24-2/h4-7,19H,3,8-11H2,1-2H3. The number of fused-ring (bicyclic) bond motifs is 1. The van der Waals surface area contributed by atoms with Gasteiger partial charge in [0.1, 0.15) is 7.11 Å². The van der Waals surface area contributed by atoms with Crippen molar-refractivity contribution in [2.24, 2.45) is 0 Å². The Morgan fingerprint density at radius 2 is 2.12 bits per heavy atom. The van der Waals surface area contributed by atoms with Crippen molar-refractivity contribution in [2.75, 3.05) is 25.1 Å². The molecule has 0 spiro atoms. The summed E-state index contributed by atoms with van der Waals surface area (Å²) in [6, 6.07) is 7.50. The van der Waals surface area contributed by atoms with Crippen LogP contribution in [0.3, 0.4) is 0 Å². The molecule has 3 rings (SSSR count). The second-order valence-corrected chi connectivity index (χ2v) is 6.11. The number of hydrogen-bond acceptors (Lipinski definition) is 5. The molecule has 2 aromatic rings. The van der Waals surface area contributed by atoms with E-state index in [2.05, 4.69) is 12.2 Å². The van der Waals surface area contributed by atoms with E-state index in [0.29, 0.717) is 29.6 Å². The van der Waals surface area contributed by atoms with Gasteiger partial charge in [-0.15, -0.1) is 4.73 Å². The highest BCUT2D eigenvalue weighted by Crippen LogP contribution is 2.25. The number of anilines is 2. The number of aromatic nitrogens is 2. The largest absolute Gasteiger partial charge is 0.411 e. The summed E-state index contributed by atoms with van der Waals surface area (Å²) in [7, 11) is 1.49. The van der Waals surface area contributed by atoms with Crippen LogP contribution in [0.15, 0.2) is 29.1 Å². The molecule has 1 aromatic heterocycles. The van der Waals surface area contributed by atoms with Crippen LogP contribution in [0.25, 0.3) is 0 Å². The van der Waals surface area contributed by atoms with Gasteiger partial charge in [0, 0.05) is 36.8 Å². The maximum Gasteiger partial charge on any atom is 0.292 e. The lowest BCUT2D eigenvalue weighted by molar-refractivity contribution is 0.155. The molecule has 0 fully saturated rings. The second-order valence-electron chi connectivity index (χ2n) is 5.67. The molecule has 7 heteroatoms. The Morgan fingerprint density at radius 3 is 2.79 bits per heavy atom. The average molecular weight is 349 g/mol. The van der Waals surface area contributed by atoms with Gasteiger partial charge in [0.15, 0.2) is 0 Å². The molecule has 1 aliphatic heterocycles. The monoisotopic (exact) mass is 348 g/mol. The minimum Gasteiger partial charge on any atom is -0.411 e. The van der Waals surface area contributed by atoms with Crippen molar-refractivity contribution < 1.29 is 4.84 Å². The highest BCUT2D eigenvalue weighted by Gasteiger charge is 2.23. The maximum absolute atomic E-state index is 12.8. The summed E-state index contributed by atoms with van der Waals surface area (Å²) in [5.41, 5.74) is 2.30. The Balaban J connectivity index is 2.15. The first-order valence-corrected chi connectivity index (χ1v) is 8.46. The molecule has 128 valence electrons. The fraction of sp³-hybridized carbons (Fsp3) is 0.412. The van der Waals surface area contributed by atoms with Crippen LogP contribution in [-0.2, 0) is 13.0 Å². The van der Waals surface area contributed by atoms with Crippen molar-refractivity contribution >= 4 is 23.2 Å². The number of halogens is 1. The van der Waals surface area contributed by atoms with Crippen molar-refractivity contribution in [3.05, 3.63) is 50.9 Å². The lowest BCUT2D eigenvalue weighted by Gasteiger charge is -2.27. The quantitative estimate of drug-likeness (QED) is 0.897. The van der Waals surface area contributed by atoms with E-state index in [-0.39, 0.29) is 5.56 Å². The Morgan fingerprint density at radius 1 is 1.38 bits per heavy atom. The second kappa shape index (κ2) is 7.23. The Bertz CT molecular complexity index is 773. The molecule has 0 aliphatic carbocycles. The molecule has 0 atom stereocenters. The highest BCUT2D eigenvalue weighted by molar-refractivity contribution is 6.30. The number of nitrogens with one attached hydrogen (secondary N) is 1. The van der Waals surface area contributed by atoms with Crippen LogP contribution in [0.4, 0.5) is 11.6 Å². The SMILES string of the molecule is CCCN(c1ccc(Cl)cc1)c1nc2c(c(=O)n1OC)CNCC2. The van der Waals surface area contributed by atoms with E-state index in [1.165, 1.54) is 11.8 Å². The van der Waals surface area contributed by atoms with E-state index in [0.717, 1.165) is 30.8 Å². The Labute approximate surface area is 146 Å². The van der Waals surface area contributed by atoms with E-state index in [1.807, 2.05) is 29.2 Å². The van der Waals surface area contributed by atoms with Gasteiger partial charge in [-0.2, -0.15) is 0 Å². The summed E-state index contributed by atoms with van der Waals surface area (Å²) in [6.45, 7) is 4.15. The maximum atomic E-state index is 12.8. The van der Waals surface area contributed by atoms with Crippen LogP contribution in [0.2, 0.25) is 5.02 Å². The minimum absolute atomic E-state index is 0.153. The zero-order chi connectivity index (χ0) is 17.1. The molecule has 6 nitrogen and oxygen atoms in total. The van der Waals surface area contributed by atoms with E-state index < -0.39 is 0 Å². The minimum atomic E-state index is -0.153. The van der Waals surface area contributed by atoms with E-state index >= 15 is 0 Å². The normalized spacial score (nSPS) is 13.5. The lowest BCUT2D eigenvalue weighted by Crippen LogP contribution is -2.40. The van der Waals surface area contributed by atoms with Gasteiger partial charge in [0.2, 0.25) is 5.95 Å². The molecule has 2 heterocycles. The third-order valence-electron chi connectivity index (χ3n) is 4.06. The predicted octanol–water partition coefficient (Wildman–Crippen LogP) is 2.15. The predicted molar refractivity (Wildman–Crippen MR) is 95.2 cm³/mol. The molecule has 24 heavy (non-hydrogen) atoms. The summed E-state index contributed by atoms with van der Waals surface area (Å²) in [6.07, 6.45) is 1.64. The average Bonchev–Trinajstić information content (AvgIpc) is 2.61. The zero-order valence-corrected chi connectivity index (χ0v) is 14.6. The van der Waals surface area contributed by atoms with Crippen LogP contribution in [-0.4, -0.2) is 29.9 Å². The molecular weight excluding hydrogens is 328 g/mol. The first kappa shape index (κ1) is 16.8. The van der Waals surface area contributed by atoms with Crippen molar-refractivity contribution in [2.45, 2.75) is 26.3 Å².